The third-order valence-corrected chi connectivity index (χ3v) is 3.26. The van der Waals surface area contributed by atoms with E-state index in [-0.39, 0.29) is 18.4 Å². The Kier molecular flexibility index (Phi) is 6.42. The minimum absolute atomic E-state index is 0. The molecule has 1 fully saturated rings. The van der Waals surface area contributed by atoms with Gasteiger partial charge in [0.2, 0.25) is 5.91 Å². The first kappa shape index (κ1) is 17.7. The maximum atomic E-state index is 12.2. The molecule has 0 spiro atoms. The third kappa shape index (κ3) is 5.17. The predicted octanol–water partition coefficient (Wildman–Crippen LogP) is 2.32. The number of hydrogen-bond donors (Lipinski definition) is 1. The molecule has 0 aliphatic carbocycles. The van der Waals surface area contributed by atoms with E-state index < -0.39 is 24.9 Å². The summed E-state index contributed by atoms with van der Waals surface area (Å²) in [6, 6.07) is 3.33. The molecule has 2 heterocycles. The van der Waals surface area contributed by atoms with Crippen LogP contribution in [0.5, 0.6) is 0 Å². The number of pyridine rings is 1. The minimum Gasteiger partial charge on any atom is -0.333 e. The summed E-state index contributed by atoms with van der Waals surface area (Å²) in [5.41, 5.74) is 0.833. The van der Waals surface area contributed by atoms with Gasteiger partial charge >= 0.3 is 6.18 Å². The van der Waals surface area contributed by atoms with Crippen molar-refractivity contribution >= 4 is 18.3 Å². The summed E-state index contributed by atoms with van der Waals surface area (Å²) in [5.74, 6) is -0.460. The van der Waals surface area contributed by atoms with Crippen LogP contribution in [0.1, 0.15) is 24.4 Å². The molecule has 2 rings (SSSR count). The number of nitrogens with zero attached hydrogens (tertiary/aromatic N) is 2. The van der Waals surface area contributed by atoms with Crippen molar-refractivity contribution in [2.45, 2.75) is 25.1 Å². The molecule has 1 amide bonds. The van der Waals surface area contributed by atoms with Gasteiger partial charge in [-0.15, -0.1) is 12.4 Å². The van der Waals surface area contributed by atoms with E-state index in [1.807, 2.05) is 6.07 Å². The second-order valence-corrected chi connectivity index (χ2v) is 4.71. The van der Waals surface area contributed by atoms with Crippen molar-refractivity contribution in [3.8, 4) is 0 Å². The van der Waals surface area contributed by atoms with Gasteiger partial charge in [-0.3, -0.25) is 9.78 Å². The number of amides is 1. The average molecular weight is 324 g/mol. The molecule has 118 valence electrons. The fourth-order valence-electron chi connectivity index (χ4n) is 2.27. The Balaban J connectivity index is 0.00000220. The third-order valence-electron chi connectivity index (χ3n) is 3.26. The highest BCUT2D eigenvalue weighted by Crippen LogP contribution is 2.26. The zero-order chi connectivity index (χ0) is 14.6. The molecule has 21 heavy (non-hydrogen) atoms. The van der Waals surface area contributed by atoms with Gasteiger partial charge in [-0.25, -0.2) is 0 Å². The molecule has 0 bridgehead atoms. The second-order valence-electron chi connectivity index (χ2n) is 4.71. The Morgan fingerprint density at radius 3 is 2.86 bits per heavy atom. The van der Waals surface area contributed by atoms with Crippen LogP contribution in [0.25, 0.3) is 0 Å². The van der Waals surface area contributed by atoms with Crippen LogP contribution in [0.3, 0.4) is 0 Å². The highest BCUT2D eigenvalue weighted by molar-refractivity contribution is 5.85. The van der Waals surface area contributed by atoms with E-state index in [0.717, 1.165) is 5.56 Å². The van der Waals surface area contributed by atoms with Crippen LogP contribution in [0.4, 0.5) is 13.2 Å². The van der Waals surface area contributed by atoms with Crippen molar-refractivity contribution in [1.82, 2.24) is 15.2 Å². The van der Waals surface area contributed by atoms with Gasteiger partial charge in [0.05, 0.1) is 12.5 Å². The van der Waals surface area contributed by atoms with E-state index in [2.05, 4.69) is 10.3 Å². The average Bonchev–Trinajstić information content (AvgIpc) is 2.45. The molecule has 1 N–H and O–H groups in total. The quantitative estimate of drug-likeness (QED) is 0.928. The number of rotatable bonds is 3. The molecular weight excluding hydrogens is 307 g/mol. The van der Waals surface area contributed by atoms with Gasteiger partial charge in [-0.1, -0.05) is 6.07 Å². The number of aromatic nitrogens is 1. The molecule has 1 saturated heterocycles. The molecule has 1 atom stereocenters. The SMILES string of the molecule is Cl.O=C(CCC(F)(F)F)N1CCNCC1c1cccnc1. The standard InChI is InChI=1S/C13H16F3N3O.ClH/c14-13(15,16)4-3-12(20)19-7-6-18-9-11(19)10-2-1-5-17-8-10;/h1-2,5,8,11,18H,3-4,6-7,9H2;1H. The molecule has 1 aromatic heterocycles. The molecular formula is C13H17ClF3N3O. The van der Waals surface area contributed by atoms with Gasteiger partial charge in [0.15, 0.2) is 0 Å². The van der Waals surface area contributed by atoms with E-state index in [0.29, 0.717) is 19.6 Å². The van der Waals surface area contributed by atoms with Crippen LogP contribution >= 0.6 is 12.4 Å². The highest BCUT2D eigenvalue weighted by Gasteiger charge is 2.32. The number of alkyl halides is 3. The predicted molar refractivity (Wildman–Crippen MR) is 74.1 cm³/mol. The van der Waals surface area contributed by atoms with Crippen LogP contribution in [-0.2, 0) is 4.79 Å². The normalized spacial score (nSPS) is 19.0. The van der Waals surface area contributed by atoms with Crippen LogP contribution in [0.2, 0.25) is 0 Å². The highest BCUT2D eigenvalue weighted by atomic mass is 35.5. The molecule has 4 nitrogen and oxygen atoms in total. The van der Waals surface area contributed by atoms with Gasteiger partial charge < -0.3 is 10.2 Å². The van der Waals surface area contributed by atoms with E-state index in [1.165, 1.54) is 4.90 Å². The van der Waals surface area contributed by atoms with Crippen molar-refractivity contribution in [2.24, 2.45) is 0 Å². The Hall–Kier alpha value is -1.34. The second kappa shape index (κ2) is 7.61. The van der Waals surface area contributed by atoms with Gasteiger partial charge in [0.25, 0.3) is 0 Å². The largest absolute Gasteiger partial charge is 0.389 e. The summed E-state index contributed by atoms with van der Waals surface area (Å²) in [5, 5.41) is 3.15. The summed E-state index contributed by atoms with van der Waals surface area (Å²) in [6.07, 6.45) is -2.61. The summed E-state index contributed by atoms with van der Waals surface area (Å²) in [7, 11) is 0. The lowest BCUT2D eigenvalue weighted by atomic mass is 10.0. The minimum atomic E-state index is -4.30. The van der Waals surface area contributed by atoms with E-state index >= 15 is 0 Å². The number of hydrogen-bond acceptors (Lipinski definition) is 3. The van der Waals surface area contributed by atoms with Crippen molar-refractivity contribution in [2.75, 3.05) is 19.6 Å². The number of piperazine rings is 1. The summed E-state index contributed by atoms with van der Waals surface area (Å²) in [4.78, 5) is 17.5. The van der Waals surface area contributed by atoms with Crippen molar-refractivity contribution in [3.63, 3.8) is 0 Å². The number of halogens is 4. The van der Waals surface area contributed by atoms with Crippen molar-refractivity contribution < 1.29 is 18.0 Å². The molecule has 1 aliphatic heterocycles. The van der Waals surface area contributed by atoms with Gasteiger partial charge in [0.1, 0.15) is 0 Å². The van der Waals surface area contributed by atoms with Crippen LogP contribution in [-0.4, -0.2) is 41.6 Å². The summed E-state index contributed by atoms with van der Waals surface area (Å²) < 4.78 is 36.6. The maximum Gasteiger partial charge on any atom is 0.389 e. The Bertz CT molecular complexity index is 456. The van der Waals surface area contributed by atoms with E-state index in [9.17, 15) is 18.0 Å². The lowest BCUT2D eigenvalue weighted by molar-refractivity contribution is -0.151. The molecule has 0 aromatic carbocycles. The van der Waals surface area contributed by atoms with Gasteiger partial charge in [0, 0.05) is 38.4 Å². The first-order valence-electron chi connectivity index (χ1n) is 6.44. The monoisotopic (exact) mass is 323 g/mol. The first-order chi connectivity index (χ1) is 9.47. The van der Waals surface area contributed by atoms with E-state index in [1.54, 1.807) is 18.5 Å². The fourth-order valence-corrected chi connectivity index (χ4v) is 2.27. The lowest BCUT2D eigenvalue weighted by Crippen LogP contribution is -2.48. The van der Waals surface area contributed by atoms with Gasteiger partial charge in [-0.05, 0) is 11.6 Å². The zero-order valence-electron chi connectivity index (χ0n) is 11.3. The smallest absolute Gasteiger partial charge is 0.333 e. The summed E-state index contributed by atoms with van der Waals surface area (Å²) >= 11 is 0. The topological polar surface area (TPSA) is 45.2 Å². The Morgan fingerprint density at radius 2 is 2.24 bits per heavy atom. The zero-order valence-corrected chi connectivity index (χ0v) is 12.1. The molecule has 1 aromatic rings. The number of carbonyl (C=O) groups excluding carboxylic acids is 1. The molecule has 0 saturated carbocycles. The fraction of sp³-hybridized carbons (Fsp3) is 0.538. The van der Waals surface area contributed by atoms with Gasteiger partial charge in [-0.2, -0.15) is 13.2 Å². The molecule has 0 radical (unpaired) electrons. The van der Waals surface area contributed by atoms with Crippen molar-refractivity contribution in [3.05, 3.63) is 30.1 Å². The Labute approximate surface area is 127 Å². The number of carbonyl (C=O) groups is 1. The molecule has 8 heteroatoms. The lowest BCUT2D eigenvalue weighted by Gasteiger charge is -2.36. The molecule has 1 unspecified atom stereocenters. The van der Waals surface area contributed by atoms with E-state index in [4.69, 9.17) is 0 Å². The van der Waals surface area contributed by atoms with Crippen LogP contribution < -0.4 is 5.32 Å². The summed E-state index contributed by atoms with van der Waals surface area (Å²) in [6.45, 7) is 1.54. The van der Waals surface area contributed by atoms with Crippen LogP contribution in [0, 0.1) is 0 Å². The van der Waals surface area contributed by atoms with Crippen LogP contribution in [0.15, 0.2) is 24.5 Å². The van der Waals surface area contributed by atoms with Crippen molar-refractivity contribution in [1.29, 1.82) is 0 Å². The maximum absolute atomic E-state index is 12.2. The molecule has 1 aliphatic rings. The number of nitrogens with one attached hydrogen (secondary N) is 1. The Morgan fingerprint density at radius 1 is 1.48 bits per heavy atom. The first-order valence-corrected chi connectivity index (χ1v) is 6.44.